The number of rotatable bonds is 4. The molecule has 3 rings (SSSR count). The molecular formula is C18H25N3O. The number of hydrogen-bond donors (Lipinski definition) is 2. The summed E-state index contributed by atoms with van der Waals surface area (Å²) >= 11 is 0. The fourth-order valence-electron chi connectivity index (χ4n) is 3.55. The first-order valence-electron chi connectivity index (χ1n) is 8.37. The monoisotopic (exact) mass is 299 g/mol. The topological polar surface area (TPSA) is 57.8 Å². The average Bonchev–Trinajstić information content (AvgIpc) is 2.93. The van der Waals surface area contributed by atoms with Gasteiger partial charge in [0.25, 0.3) is 5.91 Å². The normalized spacial score (nSPS) is 23.4. The Labute approximate surface area is 131 Å². The maximum atomic E-state index is 12.4. The lowest BCUT2D eigenvalue weighted by atomic mass is 9.80. The molecule has 1 aliphatic carbocycles. The molecule has 22 heavy (non-hydrogen) atoms. The zero-order valence-corrected chi connectivity index (χ0v) is 13.4. The third-order valence-electron chi connectivity index (χ3n) is 4.89. The lowest BCUT2D eigenvalue weighted by molar-refractivity contribution is 0.0928. The molecule has 0 spiro atoms. The Morgan fingerprint density at radius 1 is 1.32 bits per heavy atom. The lowest BCUT2D eigenvalue weighted by Gasteiger charge is -2.28. The van der Waals surface area contributed by atoms with Gasteiger partial charge in [0.1, 0.15) is 0 Å². The van der Waals surface area contributed by atoms with Crippen LogP contribution in [0.3, 0.4) is 0 Å². The molecule has 1 fully saturated rings. The Bertz CT molecular complexity index is 641. The Balaban J connectivity index is 1.59. The Hall–Kier alpha value is -1.84. The molecule has 1 unspecified atom stereocenters. The molecule has 0 aliphatic heterocycles. The number of para-hydroxylation sites is 1. The molecule has 1 heterocycles. The van der Waals surface area contributed by atoms with Crippen LogP contribution in [0, 0.1) is 11.8 Å². The maximum absolute atomic E-state index is 12.4. The van der Waals surface area contributed by atoms with Crippen molar-refractivity contribution in [1.82, 2.24) is 15.5 Å². The van der Waals surface area contributed by atoms with Crippen LogP contribution in [-0.4, -0.2) is 22.1 Å². The van der Waals surface area contributed by atoms with Crippen molar-refractivity contribution in [1.29, 1.82) is 0 Å². The van der Waals surface area contributed by atoms with Crippen molar-refractivity contribution in [2.24, 2.45) is 11.8 Å². The number of nitrogens with one attached hydrogen (secondary N) is 2. The van der Waals surface area contributed by atoms with Crippen molar-refractivity contribution in [2.75, 3.05) is 0 Å². The van der Waals surface area contributed by atoms with Crippen LogP contribution in [0.5, 0.6) is 0 Å². The second-order valence-corrected chi connectivity index (χ2v) is 6.85. The van der Waals surface area contributed by atoms with Gasteiger partial charge in [0.2, 0.25) is 0 Å². The van der Waals surface area contributed by atoms with E-state index in [0.29, 0.717) is 5.69 Å². The smallest absolute Gasteiger partial charge is 0.272 e. The fraction of sp³-hybridized carbons (Fsp3) is 0.556. The van der Waals surface area contributed by atoms with Crippen LogP contribution in [0.1, 0.15) is 56.4 Å². The lowest BCUT2D eigenvalue weighted by Crippen LogP contribution is -2.35. The summed E-state index contributed by atoms with van der Waals surface area (Å²) < 4.78 is 0. The van der Waals surface area contributed by atoms with E-state index in [1.165, 1.54) is 25.7 Å². The van der Waals surface area contributed by atoms with Crippen LogP contribution in [0.4, 0.5) is 0 Å². The van der Waals surface area contributed by atoms with Crippen LogP contribution in [-0.2, 0) is 0 Å². The molecule has 1 saturated carbocycles. The van der Waals surface area contributed by atoms with Gasteiger partial charge in [-0.05, 0) is 31.2 Å². The highest BCUT2D eigenvalue weighted by molar-refractivity contribution is 6.04. The van der Waals surface area contributed by atoms with Crippen LogP contribution < -0.4 is 5.32 Å². The first-order valence-corrected chi connectivity index (χ1v) is 8.37. The van der Waals surface area contributed by atoms with Gasteiger partial charge in [-0.1, -0.05) is 50.8 Å². The molecule has 2 N–H and O–H groups in total. The van der Waals surface area contributed by atoms with E-state index in [2.05, 4.69) is 29.4 Å². The highest BCUT2D eigenvalue weighted by Gasteiger charge is 2.22. The van der Waals surface area contributed by atoms with Crippen molar-refractivity contribution in [3.05, 3.63) is 30.0 Å². The van der Waals surface area contributed by atoms with E-state index in [4.69, 9.17) is 0 Å². The second kappa shape index (κ2) is 6.51. The van der Waals surface area contributed by atoms with E-state index in [-0.39, 0.29) is 11.9 Å². The molecule has 118 valence electrons. The molecular weight excluding hydrogens is 274 g/mol. The summed E-state index contributed by atoms with van der Waals surface area (Å²) in [7, 11) is 0. The number of H-pyrrole nitrogens is 1. The van der Waals surface area contributed by atoms with Crippen molar-refractivity contribution < 1.29 is 4.79 Å². The van der Waals surface area contributed by atoms with Crippen LogP contribution in [0.15, 0.2) is 24.3 Å². The van der Waals surface area contributed by atoms with E-state index in [1.807, 2.05) is 24.3 Å². The van der Waals surface area contributed by atoms with Gasteiger partial charge in [-0.15, -0.1) is 0 Å². The van der Waals surface area contributed by atoms with Crippen molar-refractivity contribution >= 4 is 16.8 Å². The highest BCUT2D eigenvalue weighted by atomic mass is 16.2. The Kier molecular flexibility index (Phi) is 4.46. The van der Waals surface area contributed by atoms with Gasteiger partial charge in [0.05, 0.1) is 5.52 Å². The summed E-state index contributed by atoms with van der Waals surface area (Å²) in [6.07, 6.45) is 6.32. The molecule has 1 aromatic heterocycles. The number of benzene rings is 1. The minimum Gasteiger partial charge on any atom is -0.348 e. The van der Waals surface area contributed by atoms with Crippen molar-refractivity contribution in [3.63, 3.8) is 0 Å². The third-order valence-corrected chi connectivity index (χ3v) is 4.89. The van der Waals surface area contributed by atoms with Gasteiger partial charge >= 0.3 is 0 Å². The van der Waals surface area contributed by atoms with Gasteiger partial charge in [-0.25, -0.2) is 0 Å². The molecule has 1 aromatic carbocycles. The van der Waals surface area contributed by atoms with Crippen LogP contribution in [0.2, 0.25) is 0 Å². The van der Waals surface area contributed by atoms with Crippen LogP contribution in [0.25, 0.3) is 10.9 Å². The standard InChI is InChI=1S/C18H25N3O/c1-12-7-9-14(10-8-12)11-13(2)19-18(22)17-15-5-3-4-6-16(15)20-21-17/h3-6,12-14H,7-11H2,1-2H3,(H,19,22)(H,20,21)/t12-,13?,14+. The molecule has 1 atom stereocenters. The summed E-state index contributed by atoms with van der Waals surface area (Å²) in [6.45, 7) is 4.44. The molecule has 2 aromatic rings. The second-order valence-electron chi connectivity index (χ2n) is 6.85. The number of aromatic amines is 1. The molecule has 0 bridgehead atoms. The SMILES string of the molecule is CC(C[C@H]1CC[C@@H](C)CC1)NC(=O)c1n[nH]c2ccccc12. The van der Waals surface area contributed by atoms with Crippen molar-refractivity contribution in [3.8, 4) is 0 Å². The number of carbonyl (C=O) groups is 1. The predicted octanol–water partition coefficient (Wildman–Crippen LogP) is 3.90. The molecule has 4 nitrogen and oxygen atoms in total. The van der Waals surface area contributed by atoms with Gasteiger partial charge in [-0.2, -0.15) is 5.10 Å². The summed E-state index contributed by atoms with van der Waals surface area (Å²) in [5, 5.41) is 11.1. The quantitative estimate of drug-likeness (QED) is 0.899. The number of aromatic nitrogens is 2. The summed E-state index contributed by atoms with van der Waals surface area (Å²) in [5.41, 5.74) is 1.40. The number of carbonyl (C=O) groups excluding carboxylic acids is 1. The first kappa shape index (κ1) is 15.1. The largest absolute Gasteiger partial charge is 0.348 e. The summed E-state index contributed by atoms with van der Waals surface area (Å²) in [5.74, 6) is 1.55. The van der Waals surface area contributed by atoms with E-state index in [0.717, 1.165) is 29.2 Å². The van der Waals surface area contributed by atoms with Crippen LogP contribution >= 0.6 is 0 Å². The van der Waals surface area contributed by atoms with E-state index in [1.54, 1.807) is 0 Å². The third kappa shape index (κ3) is 3.32. The predicted molar refractivity (Wildman–Crippen MR) is 88.8 cm³/mol. The first-order chi connectivity index (χ1) is 10.6. The van der Waals surface area contributed by atoms with Gasteiger partial charge < -0.3 is 5.32 Å². The fourth-order valence-corrected chi connectivity index (χ4v) is 3.55. The maximum Gasteiger partial charge on any atom is 0.272 e. The van der Waals surface area contributed by atoms with Gasteiger partial charge in [0, 0.05) is 11.4 Å². The molecule has 1 aliphatic rings. The minimum absolute atomic E-state index is 0.0749. The van der Waals surface area contributed by atoms with E-state index in [9.17, 15) is 4.79 Å². The Morgan fingerprint density at radius 3 is 2.82 bits per heavy atom. The highest BCUT2D eigenvalue weighted by Crippen LogP contribution is 2.31. The molecule has 1 amide bonds. The van der Waals surface area contributed by atoms with E-state index >= 15 is 0 Å². The Morgan fingerprint density at radius 2 is 2.05 bits per heavy atom. The average molecular weight is 299 g/mol. The number of fused-ring (bicyclic) bond motifs is 1. The zero-order valence-electron chi connectivity index (χ0n) is 13.4. The zero-order chi connectivity index (χ0) is 15.5. The summed E-state index contributed by atoms with van der Waals surface area (Å²) in [6, 6.07) is 7.93. The molecule has 0 radical (unpaired) electrons. The number of hydrogen-bond acceptors (Lipinski definition) is 2. The molecule has 0 saturated heterocycles. The number of amides is 1. The van der Waals surface area contributed by atoms with Crippen molar-refractivity contribution in [2.45, 2.75) is 52.0 Å². The number of nitrogens with zero attached hydrogens (tertiary/aromatic N) is 1. The van der Waals surface area contributed by atoms with Gasteiger partial charge in [-0.3, -0.25) is 9.89 Å². The minimum atomic E-state index is -0.0749. The summed E-state index contributed by atoms with van der Waals surface area (Å²) in [4.78, 5) is 12.4. The van der Waals surface area contributed by atoms with Gasteiger partial charge in [0.15, 0.2) is 5.69 Å². The molecule has 4 heteroatoms. The van der Waals surface area contributed by atoms with E-state index < -0.39 is 0 Å².